The van der Waals surface area contributed by atoms with Gasteiger partial charge in [0.1, 0.15) is 16.3 Å². The van der Waals surface area contributed by atoms with E-state index in [0.717, 1.165) is 23.1 Å². The lowest BCUT2D eigenvalue weighted by Crippen LogP contribution is -2.15. The van der Waals surface area contributed by atoms with Gasteiger partial charge in [0.05, 0.1) is 29.8 Å². The van der Waals surface area contributed by atoms with E-state index in [-0.39, 0.29) is 33.1 Å². The van der Waals surface area contributed by atoms with Gasteiger partial charge in [-0.2, -0.15) is 22.7 Å². The maximum absolute atomic E-state index is 14.0. The van der Waals surface area contributed by atoms with Crippen molar-refractivity contribution < 1.29 is 30.7 Å². The molecule has 0 amide bonds. The summed E-state index contributed by atoms with van der Waals surface area (Å²) in [4.78, 5) is 3.60. The fourth-order valence-corrected chi connectivity index (χ4v) is 4.06. The zero-order chi connectivity index (χ0) is 23.3. The zero-order valence-corrected chi connectivity index (χ0v) is 17.2. The molecule has 14 heteroatoms. The Bertz CT molecular complexity index is 1410. The number of pyridine rings is 1. The van der Waals surface area contributed by atoms with E-state index < -0.39 is 27.7 Å². The molecule has 3 aromatic heterocycles. The summed E-state index contributed by atoms with van der Waals surface area (Å²) in [5, 5.41) is 7.32. The third-order valence-corrected chi connectivity index (χ3v) is 5.89. The van der Waals surface area contributed by atoms with Crippen LogP contribution in [0.15, 0.2) is 47.8 Å². The minimum absolute atomic E-state index is 0.0205. The maximum Gasteiger partial charge on any atom is 0.419 e. The summed E-state index contributed by atoms with van der Waals surface area (Å²) in [7, 11) is -1.46. The van der Waals surface area contributed by atoms with E-state index in [1.165, 1.54) is 37.0 Å². The molecular formula is C18H14F4N6O3S. The Kier molecular flexibility index (Phi) is 5.03. The minimum Gasteiger partial charge on any atom is -0.494 e. The third-order valence-electron chi connectivity index (χ3n) is 4.56. The van der Waals surface area contributed by atoms with Crippen molar-refractivity contribution in [3.8, 4) is 11.6 Å². The Labute approximate surface area is 178 Å². The number of hydrogen-bond acceptors (Lipinski definition) is 6. The normalized spacial score (nSPS) is 12.3. The number of alkyl halides is 3. The smallest absolute Gasteiger partial charge is 0.419 e. The second-order valence-electron chi connectivity index (χ2n) is 6.58. The van der Waals surface area contributed by atoms with E-state index >= 15 is 0 Å². The van der Waals surface area contributed by atoms with Crippen LogP contribution in [0.3, 0.4) is 0 Å². The van der Waals surface area contributed by atoms with Crippen LogP contribution in [-0.4, -0.2) is 40.1 Å². The van der Waals surface area contributed by atoms with Crippen LogP contribution in [0.1, 0.15) is 5.56 Å². The quantitative estimate of drug-likeness (QED) is 0.450. The lowest BCUT2D eigenvalue weighted by Gasteiger charge is -2.14. The number of anilines is 1. The lowest BCUT2D eigenvalue weighted by atomic mass is 10.2. The molecule has 0 bridgehead atoms. The number of sulfonamides is 1. The van der Waals surface area contributed by atoms with Gasteiger partial charge in [0.25, 0.3) is 10.0 Å². The Morgan fingerprint density at radius 3 is 2.47 bits per heavy atom. The molecule has 0 aliphatic carbocycles. The minimum atomic E-state index is -4.57. The van der Waals surface area contributed by atoms with Crippen molar-refractivity contribution in [1.29, 1.82) is 0 Å². The van der Waals surface area contributed by atoms with Crippen LogP contribution in [0, 0.1) is 5.95 Å². The topological polar surface area (TPSA) is 104 Å². The highest BCUT2D eigenvalue weighted by Crippen LogP contribution is 2.35. The molecule has 0 radical (unpaired) electrons. The van der Waals surface area contributed by atoms with Gasteiger partial charge in [-0.05, 0) is 24.3 Å². The molecule has 0 aliphatic heterocycles. The second kappa shape index (κ2) is 7.47. The van der Waals surface area contributed by atoms with Gasteiger partial charge in [0, 0.05) is 19.4 Å². The van der Waals surface area contributed by atoms with Crippen LogP contribution < -0.4 is 9.46 Å². The van der Waals surface area contributed by atoms with Gasteiger partial charge in [-0.25, -0.2) is 18.1 Å². The number of nitrogens with zero attached hydrogens (tertiary/aromatic N) is 5. The van der Waals surface area contributed by atoms with Crippen LogP contribution in [0.5, 0.6) is 5.75 Å². The van der Waals surface area contributed by atoms with Crippen molar-refractivity contribution >= 4 is 26.6 Å². The summed E-state index contributed by atoms with van der Waals surface area (Å²) in [6, 6.07) is 5.14. The Balaban J connectivity index is 1.69. The van der Waals surface area contributed by atoms with Crippen molar-refractivity contribution in [3.63, 3.8) is 0 Å². The molecule has 0 atom stereocenters. The van der Waals surface area contributed by atoms with E-state index in [2.05, 4.69) is 19.9 Å². The SMILES string of the molecule is COc1ccc2c(F)nn(C)c2c1NS(=O)(=O)c1ccc(-n2cc(C(F)(F)F)cn2)nc1. The Hall–Kier alpha value is -3.68. The number of nitrogens with one attached hydrogen (secondary N) is 1. The highest BCUT2D eigenvalue weighted by molar-refractivity contribution is 7.92. The van der Waals surface area contributed by atoms with Gasteiger partial charge in [0.2, 0.25) is 5.95 Å². The lowest BCUT2D eigenvalue weighted by molar-refractivity contribution is -0.137. The van der Waals surface area contributed by atoms with Gasteiger partial charge >= 0.3 is 6.18 Å². The molecule has 0 unspecified atom stereocenters. The van der Waals surface area contributed by atoms with Crippen molar-refractivity contribution in [2.24, 2.45) is 7.05 Å². The molecule has 4 rings (SSSR count). The molecule has 1 aromatic carbocycles. The predicted octanol–water partition coefficient (Wildman–Crippen LogP) is 3.12. The summed E-state index contributed by atoms with van der Waals surface area (Å²) in [6.45, 7) is 0. The molecule has 1 N–H and O–H groups in total. The number of methoxy groups -OCH3 is 1. The highest BCUT2D eigenvalue weighted by atomic mass is 32.2. The first kappa shape index (κ1) is 21.5. The summed E-state index contributed by atoms with van der Waals surface area (Å²) in [5.74, 6) is -0.674. The van der Waals surface area contributed by atoms with Crippen molar-refractivity contribution in [2.75, 3.05) is 11.8 Å². The van der Waals surface area contributed by atoms with Gasteiger partial charge < -0.3 is 4.74 Å². The largest absolute Gasteiger partial charge is 0.494 e. The molecule has 168 valence electrons. The van der Waals surface area contributed by atoms with Gasteiger partial charge in [0.15, 0.2) is 5.82 Å². The van der Waals surface area contributed by atoms with Crippen molar-refractivity contribution in [3.05, 3.63) is 54.4 Å². The first-order valence-corrected chi connectivity index (χ1v) is 10.3. The van der Waals surface area contributed by atoms with Gasteiger partial charge in [-0.1, -0.05) is 0 Å². The molecule has 4 aromatic rings. The van der Waals surface area contributed by atoms with Crippen LogP contribution in [-0.2, 0) is 23.2 Å². The van der Waals surface area contributed by atoms with Gasteiger partial charge in [-0.15, -0.1) is 5.10 Å². The molecule has 0 saturated heterocycles. The molecule has 9 nitrogen and oxygen atoms in total. The number of hydrogen-bond donors (Lipinski definition) is 1. The number of rotatable bonds is 5. The number of aryl methyl sites for hydroxylation is 1. The number of fused-ring (bicyclic) bond motifs is 1. The van der Waals surface area contributed by atoms with Crippen LogP contribution in [0.25, 0.3) is 16.7 Å². The molecule has 0 saturated carbocycles. The van der Waals surface area contributed by atoms with E-state index in [1.54, 1.807) is 0 Å². The second-order valence-corrected chi connectivity index (χ2v) is 8.26. The fraction of sp³-hybridized carbons (Fsp3) is 0.167. The fourth-order valence-electron chi connectivity index (χ4n) is 3.03. The zero-order valence-electron chi connectivity index (χ0n) is 16.4. The van der Waals surface area contributed by atoms with E-state index in [0.29, 0.717) is 6.20 Å². The first-order valence-electron chi connectivity index (χ1n) is 8.81. The molecule has 0 fully saturated rings. The number of benzene rings is 1. The first-order chi connectivity index (χ1) is 15.0. The van der Waals surface area contributed by atoms with Crippen molar-refractivity contribution in [1.82, 2.24) is 24.5 Å². The van der Waals surface area contributed by atoms with E-state index in [1.807, 2.05) is 0 Å². The monoisotopic (exact) mass is 470 g/mol. The Morgan fingerprint density at radius 2 is 1.88 bits per heavy atom. The van der Waals surface area contributed by atoms with E-state index in [4.69, 9.17) is 4.74 Å². The van der Waals surface area contributed by atoms with Crippen LogP contribution in [0.4, 0.5) is 23.2 Å². The van der Waals surface area contributed by atoms with Crippen LogP contribution in [0.2, 0.25) is 0 Å². The summed E-state index contributed by atoms with van der Waals surface area (Å²) < 4.78 is 87.7. The number of halogens is 4. The molecule has 0 aliphatic rings. The summed E-state index contributed by atoms with van der Waals surface area (Å²) in [6.07, 6.45) is -2.25. The Morgan fingerprint density at radius 1 is 1.12 bits per heavy atom. The maximum atomic E-state index is 14.0. The van der Waals surface area contributed by atoms with Gasteiger partial charge in [-0.3, -0.25) is 9.40 Å². The molecular weight excluding hydrogens is 456 g/mol. The van der Waals surface area contributed by atoms with Crippen molar-refractivity contribution in [2.45, 2.75) is 11.1 Å². The molecule has 3 heterocycles. The average molecular weight is 470 g/mol. The number of ether oxygens (including phenoxy) is 1. The summed E-state index contributed by atoms with van der Waals surface area (Å²) >= 11 is 0. The standard InChI is InChI=1S/C18H14F4N6O3S/c1-27-16-12(17(19)25-27)4-5-13(31-2)15(16)26-32(29,30)11-3-6-14(23-8-11)28-9-10(7-24-28)18(20,21)22/h3-9,26H,1-2H3. The average Bonchev–Trinajstić information content (AvgIpc) is 3.34. The number of aromatic nitrogens is 5. The summed E-state index contributed by atoms with van der Waals surface area (Å²) in [5.41, 5.74) is -0.845. The predicted molar refractivity (Wildman–Crippen MR) is 104 cm³/mol. The highest BCUT2D eigenvalue weighted by Gasteiger charge is 2.32. The third kappa shape index (κ3) is 3.72. The molecule has 32 heavy (non-hydrogen) atoms. The van der Waals surface area contributed by atoms with Crippen LogP contribution >= 0.6 is 0 Å². The molecule has 0 spiro atoms. The van der Waals surface area contributed by atoms with E-state index in [9.17, 15) is 26.0 Å².